The molecular formula is C19H21N5O6S2. The monoisotopic (exact) mass is 479 g/mol. The van der Waals surface area contributed by atoms with Crippen molar-refractivity contribution in [2.24, 2.45) is 5.92 Å². The summed E-state index contributed by atoms with van der Waals surface area (Å²) in [5.74, 6) is -0.153. The molecule has 1 saturated heterocycles. The Morgan fingerprint density at radius 1 is 1.22 bits per heavy atom. The summed E-state index contributed by atoms with van der Waals surface area (Å²) in [5.41, 5.74) is 0.258. The summed E-state index contributed by atoms with van der Waals surface area (Å²) in [6.07, 6.45) is 1.85. The van der Waals surface area contributed by atoms with Crippen LogP contribution in [0, 0.1) is 16.0 Å². The summed E-state index contributed by atoms with van der Waals surface area (Å²) in [5, 5.41) is 15.9. The first kappa shape index (κ1) is 22.3. The number of nitro groups is 1. The molecule has 2 aliphatic rings. The van der Waals surface area contributed by atoms with Crippen molar-refractivity contribution in [1.29, 1.82) is 0 Å². The molecule has 1 aromatic carbocycles. The number of anilines is 1. The van der Waals surface area contributed by atoms with Crippen LogP contribution in [0.5, 0.6) is 0 Å². The number of aromatic nitrogens is 1. The number of hydrogen-bond donors (Lipinski definition) is 1. The highest BCUT2D eigenvalue weighted by Crippen LogP contribution is 2.30. The summed E-state index contributed by atoms with van der Waals surface area (Å²) in [4.78, 5) is 40.4. The zero-order valence-corrected chi connectivity index (χ0v) is 18.6. The van der Waals surface area contributed by atoms with Gasteiger partial charge in [-0.1, -0.05) is 6.07 Å². The van der Waals surface area contributed by atoms with Gasteiger partial charge in [-0.25, -0.2) is 13.4 Å². The van der Waals surface area contributed by atoms with E-state index in [1.165, 1.54) is 33.8 Å². The molecule has 13 heteroatoms. The van der Waals surface area contributed by atoms with Crippen LogP contribution in [0.25, 0.3) is 0 Å². The maximum atomic E-state index is 12.8. The van der Waals surface area contributed by atoms with Crippen LogP contribution in [0.3, 0.4) is 0 Å². The van der Waals surface area contributed by atoms with Gasteiger partial charge in [0.25, 0.3) is 5.69 Å². The molecule has 1 N–H and O–H groups in total. The van der Waals surface area contributed by atoms with E-state index in [-0.39, 0.29) is 60.9 Å². The second-order valence-electron chi connectivity index (χ2n) is 7.62. The number of nitrogens with zero attached hydrogens (tertiary/aromatic N) is 4. The van der Waals surface area contributed by atoms with Gasteiger partial charge in [0.05, 0.1) is 21.9 Å². The predicted molar refractivity (Wildman–Crippen MR) is 116 cm³/mol. The topological polar surface area (TPSA) is 143 Å². The summed E-state index contributed by atoms with van der Waals surface area (Å²) in [6, 6.07) is 4.92. The number of carbonyl (C=O) groups excluding carboxylic acids is 2. The number of hydrogen-bond acceptors (Lipinski definition) is 8. The van der Waals surface area contributed by atoms with Gasteiger partial charge in [-0.15, -0.1) is 11.3 Å². The lowest BCUT2D eigenvalue weighted by Crippen LogP contribution is -2.50. The van der Waals surface area contributed by atoms with Crippen LogP contribution in [0.1, 0.15) is 18.5 Å². The van der Waals surface area contributed by atoms with Crippen LogP contribution < -0.4 is 5.32 Å². The largest absolute Gasteiger partial charge is 0.340 e. The highest BCUT2D eigenvalue weighted by molar-refractivity contribution is 7.89. The third kappa shape index (κ3) is 4.95. The number of thiazole rings is 1. The third-order valence-electron chi connectivity index (χ3n) is 5.32. The highest BCUT2D eigenvalue weighted by Gasteiger charge is 2.32. The number of benzene rings is 1. The quantitative estimate of drug-likeness (QED) is 0.468. The lowest BCUT2D eigenvalue weighted by atomic mass is 10.2. The molecule has 0 bridgehead atoms. The predicted octanol–water partition coefficient (Wildman–Crippen LogP) is 1.48. The smallest absolute Gasteiger partial charge is 0.270 e. The standard InChI is InChI=1S/C19H21N5O6S2/c25-17(10-14-12-31-19(20-14)21-18(26)13-4-5-13)22-6-8-23(9-7-22)32(29,30)16-3-1-2-15(11-16)24(27)28/h1-3,11-13H,4-10H2,(H,20,21,26). The molecule has 1 aliphatic carbocycles. The van der Waals surface area contributed by atoms with Gasteiger partial charge in [0, 0.05) is 49.6 Å². The number of piperazine rings is 1. The lowest BCUT2D eigenvalue weighted by Gasteiger charge is -2.34. The maximum Gasteiger partial charge on any atom is 0.270 e. The summed E-state index contributed by atoms with van der Waals surface area (Å²) in [7, 11) is -3.90. The Kier molecular flexibility index (Phi) is 6.22. The van der Waals surface area contributed by atoms with Crippen molar-refractivity contribution < 1.29 is 22.9 Å². The maximum absolute atomic E-state index is 12.8. The Hall–Kier alpha value is -2.90. The van der Waals surface area contributed by atoms with Gasteiger partial charge in [-0.2, -0.15) is 4.31 Å². The van der Waals surface area contributed by atoms with Crippen LogP contribution in [0.2, 0.25) is 0 Å². The van der Waals surface area contributed by atoms with Crippen LogP contribution in [-0.2, 0) is 26.0 Å². The molecule has 170 valence electrons. The first-order valence-electron chi connectivity index (χ1n) is 10.0. The van der Waals surface area contributed by atoms with Gasteiger partial charge in [0.1, 0.15) is 0 Å². The van der Waals surface area contributed by atoms with Gasteiger partial charge in [0.2, 0.25) is 21.8 Å². The Morgan fingerprint density at radius 2 is 1.94 bits per heavy atom. The summed E-state index contributed by atoms with van der Waals surface area (Å²) >= 11 is 1.27. The van der Waals surface area contributed by atoms with Gasteiger partial charge in [0.15, 0.2) is 5.13 Å². The molecule has 2 heterocycles. The number of sulfonamides is 1. The molecule has 1 saturated carbocycles. The van der Waals surface area contributed by atoms with Crippen molar-refractivity contribution in [3.63, 3.8) is 0 Å². The van der Waals surface area contributed by atoms with Crippen molar-refractivity contribution in [2.45, 2.75) is 24.2 Å². The van der Waals surface area contributed by atoms with Crippen LogP contribution >= 0.6 is 11.3 Å². The van der Waals surface area contributed by atoms with Crippen LogP contribution in [0.15, 0.2) is 34.5 Å². The molecule has 0 spiro atoms. The average Bonchev–Trinajstić information content (AvgIpc) is 3.55. The number of nitro benzene ring substituents is 1. The molecule has 0 radical (unpaired) electrons. The highest BCUT2D eigenvalue weighted by atomic mass is 32.2. The van der Waals surface area contributed by atoms with Crippen molar-refractivity contribution in [3.8, 4) is 0 Å². The van der Waals surface area contributed by atoms with Crippen molar-refractivity contribution in [2.75, 3.05) is 31.5 Å². The second-order valence-corrected chi connectivity index (χ2v) is 10.4. The zero-order valence-electron chi connectivity index (χ0n) is 17.0. The fraction of sp³-hybridized carbons (Fsp3) is 0.421. The normalized spacial score (nSPS) is 17.2. The molecule has 32 heavy (non-hydrogen) atoms. The fourth-order valence-electron chi connectivity index (χ4n) is 3.35. The number of nitrogens with one attached hydrogen (secondary N) is 1. The first-order valence-corrected chi connectivity index (χ1v) is 12.3. The number of non-ortho nitro benzene ring substituents is 1. The van der Waals surface area contributed by atoms with E-state index >= 15 is 0 Å². The SMILES string of the molecule is O=C(Nc1nc(CC(=O)N2CCN(S(=O)(=O)c3cccc([N+](=O)[O-])c3)CC2)cs1)C1CC1. The third-order valence-corrected chi connectivity index (χ3v) is 8.02. The van der Waals surface area contributed by atoms with Gasteiger partial charge >= 0.3 is 0 Å². The molecule has 2 amide bonds. The van der Waals surface area contributed by atoms with E-state index in [1.807, 2.05) is 0 Å². The zero-order chi connectivity index (χ0) is 22.9. The van der Waals surface area contributed by atoms with Crippen LogP contribution in [0.4, 0.5) is 10.8 Å². The minimum atomic E-state index is -3.90. The number of amides is 2. The van der Waals surface area contributed by atoms with E-state index in [0.29, 0.717) is 10.8 Å². The number of carbonyl (C=O) groups is 2. The minimum absolute atomic E-state index is 0.0432. The van der Waals surface area contributed by atoms with E-state index in [2.05, 4.69) is 10.3 Å². The molecule has 11 nitrogen and oxygen atoms in total. The lowest BCUT2D eigenvalue weighted by molar-refractivity contribution is -0.385. The van der Waals surface area contributed by atoms with E-state index in [1.54, 1.807) is 10.3 Å². The summed E-state index contributed by atoms with van der Waals surface area (Å²) < 4.78 is 26.9. The van der Waals surface area contributed by atoms with E-state index in [0.717, 1.165) is 18.9 Å². The molecule has 4 rings (SSSR count). The van der Waals surface area contributed by atoms with E-state index in [9.17, 15) is 28.1 Å². The first-order chi connectivity index (χ1) is 15.2. The van der Waals surface area contributed by atoms with Gasteiger partial charge < -0.3 is 10.2 Å². The molecule has 2 fully saturated rings. The molecule has 1 aliphatic heterocycles. The van der Waals surface area contributed by atoms with Crippen molar-refractivity contribution in [3.05, 3.63) is 45.5 Å². The van der Waals surface area contributed by atoms with E-state index in [4.69, 9.17) is 0 Å². The minimum Gasteiger partial charge on any atom is -0.340 e. The molecular weight excluding hydrogens is 458 g/mol. The van der Waals surface area contributed by atoms with Gasteiger partial charge in [-0.05, 0) is 18.9 Å². The van der Waals surface area contributed by atoms with E-state index < -0.39 is 14.9 Å². The second kappa shape index (κ2) is 8.92. The average molecular weight is 480 g/mol. The van der Waals surface area contributed by atoms with Crippen LogP contribution in [-0.4, -0.2) is 65.5 Å². The summed E-state index contributed by atoms with van der Waals surface area (Å²) in [6.45, 7) is 0.609. The molecule has 0 unspecified atom stereocenters. The molecule has 0 atom stereocenters. The Labute approximate surface area is 188 Å². The van der Waals surface area contributed by atoms with Crippen molar-refractivity contribution in [1.82, 2.24) is 14.2 Å². The Bertz CT molecular complexity index is 1150. The Balaban J connectivity index is 1.32. The fourth-order valence-corrected chi connectivity index (χ4v) is 5.53. The van der Waals surface area contributed by atoms with Gasteiger partial charge in [-0.3, -0.25) is 19.7 Å². The number of rotatable bonds is 7. The molecule has 2 aromatic rings. The molecule has 1 aromatic heterocycles. The Morgan fingerprint density at radius 3 is 2.59 bits per heavy atom. The van der Waals surface area contributed by atoms with Crippen molar-refractivity contribution >= 4 is 44.0 Å².